The number of ether oxygens (including phenoxy) is 2. The third kappa shape index (κ3) is 3.53. The minimum absolute atomic E-state index is 0.144. The number of rotatable bonds is 5. The van der Waals surface area contributed by atoms with Gasteiger partial charge in [-0.1, -0.05) is 36.4 Å². The van der Waals surface area contributed by atoms with E-state index in [1.807, 2.05) is 30.3 Å². The maximum atomic E-state index is 12.4. The van der Waals surface area contributed by atoms with Crippen molar-refractivity contribution in [3.8, 4) is 5.75 Å². The van der Waals surface area contributed by atoms with Crippen LogP contribution in [0.2, 0.25) is 0 Å². The summed E-state index contributed by atoms with van der Waals surface area (Å²) in [6, 6.07) is 16.4. The van der Waals surface area contributed by atoms with Crippen molar-refractivity contribution in [1.82, 2.24) is 0 Å². The molecule has 3 rings (SSSR count). The third-order valence-electron chi connectivity index (χ3n) is 4.14. The molecule has 4 heteroatoms. The average Bonchev–Trinajstić information content (AvgIpc) is 2.95. The molecule has 0 bridgehead atoms. The Labute approximate surface area is 146 Å². The molecule has 0 N–H and O–H groups in total. The van der Waals surface area contributed by atoms with Crippen LogP contribution in [-0.2, 0) is 9.53 Å². The summed E-state index contributed by atoms with van der Waals surface area (Å²) in [5.74, 6) is 0.192. The molecule has 126 valence electrons. The molecule has 2 aromatic rings. The zero-order valence-corrected chi connectivity index (χ0v) is 14.1. The maximum absolute atomic E-state index is 12.4. The molecule has 1 heterocycles. The van der Waals surface area contributed by atoms with Crippen molar-refractivity contribution in [2.75, 3.05) is 7.11 Å². The molecule has 0 aromatic heterocycles. The van der Waals surface area contributed by atoms with E-state index >= 15 is 0 Å². The van der Waals surface area contributed by atoms with Crippen LogP contribution in [0.15, 0.2) is 77.9 Å². The molecule has 1 atom stereocenters. The van der Waals surface area contributed by atoms with Crippen LogP contribution in [-0.4, -0.2) is 18.9 Å². The highest BCUT2D eigenvalue weighted by atomic mass is 16.5. The molecule has 0 amide bonds. The molecule has 0 saturated heterocycles. The Morgan fingerprint density at radius 3 is 2.40 bits per heavy atom. The van der Waals surface area contributed by atoms with Crippen LogP contribution >= 0.6 is 0 Å². The number of ketones is 1. The molecule has 1 aliphatic rings. The van der Waals surface area contributed by atoms with Gasteiger partial charge in [0.15, 0.2) is 11.9 Å². The summed E-state index contributed by atoms with van der Waals surface area (Å²) in [4.78, 5) is 24.3. The molecule has 0 spiro atoms. The van der Waals surface area contributed by atoms with E-state index in [4.69, 9.17) is 9.47 Å². The van der Waals surface area contributed by atoms with Gasteiger partial charge in [-0.05, 0) is 42.8 Å². The fourth-order valence-corrected chi connectivity index (χ4v) is 2.68. The Morgan fingerprint density at radius 1 is 1.08 bits per heavy atom. The highest BCUT2D eigenvalue weighted by Crippen LogP contribution is 2.35. The summed E-state index contributed by atoms with van der Waals surface area (Å²) >= 11 is 0. The van der Waals surface area contributed by atoms with Crippen LogP contribution in [0.5, 0.6) is 5.75 Å². The van der Waals surface area contributed by atoms with E-state index in [1.54, 1.807) is 44.4 Å². The van der Waals surface area contributed by atoms with Crippen LogP contribution in [0.25, 0.3) is 0 Å². The standard InChI is InChI=1S/C21H18O4/c1-14-18(20(25-21(14)23)16-6-4-3-5-7-16)12-13-19(22)15-8-10-17(24-2)11-9-15/h3-13,20H,1-2H3/b13-12+. The second-order valence-electron chi connectivity index (χ2n) is 5.70. The van der Waals surface area contributed by atoms with Gasteiger partial charge in [-0.2, -0.15) is 0 Å². The van der Waals surface area contributed by atoms with Crippen molar-refractivity contribution < 1.29 is 19.1 Å². The number of cyclic esters (lactones) is 1. The van der Waals surface area contributed by atoms with Crippen molar-refractivity contribution in [3.63, 3.8) is 0 Å². The van der Waals surface area contributed by atoms with Gasteiger partial charge in [0.1, 0.15) is 5.75 Å². The highest BCUT2D eigenvalue weighted by molar-refractivity contribution is 6.05. The van der Waals surface area contributed by atoms with E-state index in [2.05, 4.69) is 0 Å². The summed E-state index contributed by atoms with van der Waals surface area (Å²) in [5.41, 5.74) is 2.66. The second kappa shape index (κ2) is 7.18. The molecule has 4 nitrogen and oxygen atoms in total. The molecule has 0 aliphatic carbocycles. The van der Waals surface area contributed by atoms with E-state index in [0.717, 1.165) is 5.56 Å². The topological polar surface area (TPSA) is 52.6 Å². The zero-order valence-electron chi connectivity index (χ0n) is 14.1. The number of hydrogen-bond acceptors (Lipinski definition) is 4. The fourth-order valence-electron chi connectivity index (χ4n) is 2.68. The average molecular weight is 334 g/mol. The Bertz CT molecular complexity index is 845. The predicted octanol–water partition coefficient (Wildman–Crippen LogP) is 4.05. The molecule has 0 saturated carbocycles. The molecule has 2 aromatic carbocycles. The van der Waals surface area contributed by atoms with E-state index in [9.17, 15) is 9.59 Å². The minimum atomic E-state index is -0.478. The van der Waals surface area contributed by atoms with Crippen LogP contribution in [0.3, 0.4) is 0 Å². The number of methoxy groups -OCH3 is 1. The van der Waals surface area contributed by atoms with Crippen molar-refractivity contribution in [2.24, 2.45) is 0 Å². The summed E-state index contributed by atoms with van der Waals surface area (Å²) in [7, 11) is 1.58. The zero-order chi connectivity index (χ0) is 17.8. The Kier molecular flexibility index (Phi) is 4.80. The van der Waals surface area contributed by atoms with Gasteiger partial charge in [-0.25, -0.2) is 4.79 Å². The first-order valence-corrected chi connectivity index (χ1v) is 7.93. The van der Waals surface area contributed by atoms with Gasteiger partial charge in [-0.15, -0.1) is 0 Å². The van der Waals surface area contributed by atoms with Crippen molar-refractivity contribution in [2.45, 2.75) is 13.0 Å². The van der Waals surface area contributed by atoms with Gasteiger partial charge < -0.3 is 9.47 Å². The lowest BCUT2D eigenvalue weighted by atomic mass is 9.98. The van der Waals surface area contributed by atoms with Gasteiger partial charge in [0, 0.05) is 16.7 Å². The number of carbonyl (C=O) groups excluding carboxylic acids is 2. The van der Waals surface area contributed by atoms with E-state index in [-0.39, 0.29) is 11.8 Å². The second-order valence-corrected chi connectivity index (χ2v) is 5.70. The minimum Gasteiger partial charge on any atom is -0.497 e. The van der Waals surface area contributed by atoms with Crippen LogP contribution in [0.1, 0.15) is 28.9 Å². The SMILES string of the molecule is COc1ccc(C(=O)/C=C/C2=C(C)C(=O)OC2c2ccccc2)cc1. The maximum Gasteiger partial charge on any atom is 0.335 e. The number of hydrogen-bond donors (Lipinski definition) is 0. The Balaban J connectivity index is 1.84. The largest absolute Gasteiger partial charge is 0.497 e. The number of benzene rings is 2. The summed E-state index contributed by atoms with van der Waals surface area (Å²) < 4.78 is 10.5. The van der Waals surface area contributed by atoms with Crippen molar-refractivity contribution >= 4 is 11.8 Å². The van der Waals surface area contributed by atoms with E-state index in [1.165, 1.54) is 6.08 Å². The first-order chi connectivity index (χ1) is 12.1. The summed E-state index contributed by atoms with van der Waals surface area (Å²) in [5, 5.41) is 0. The molecule has 0 fully saturated rings. The lowest BCUT2D eigenvalue weighted by molar-refractivity contribution is -0.139. The quantitative estimate of drug-likeness (QED) is 0.470. The molecule has 1 aliphatic heterocycles. The fraction of sp³-hybridized carbons (Fsp3) is 0.143. The lowest BCUT2D eigenvalue weighted by Crippen LogP contribution is -2.02. The van der Waals surface area contributed by atoms with Gasteiger partial charge >= 0.3 is 5.97 Å². The van der Waals surface area contributed by atoms with Gasteiger partial charge in [-0.3, -0.25) is 4.79 Å². The third-order valence-corrected chi connectivity index (χ3v) is 4.14. The Morgan fingerprint density at radius 2 is 1.76 bits per heavy atom. The first kappa shape index (κ1) is 16.7. The number of allylic oxidation sites excluding steroid dienone is 1. The monoisotopic (exact) mass is 334 g/mol. The molecular weight excluding hydrogens is 316 g/mol. The molecule has 0 radical (unpaired) electrons. The predicted molar refractivity (Wildman–Crippen MR) is 94.4 cm³/mol. The number of esters is 1. The normalized spacial score (nSPS) is 17.0. The Hall–Kier alpha value is -3.14. The van der Waals surface area contributed by atoms with Crippen LogP contribution in [0, 0.1) is 0 Å². The van der Waals surface area contributed by atoms with E-state index < -0.39 is 6.10 Å². The summed E-state index contributed by atoms with van der Waals surface area (Å²) in [6.07, 6.45) is 2.66. The van der Waals surface area contributed by atoms with Gasteiger partial charge in [0.25, 0.3) is 0 Å². The molecular formula is C21H18O4. The highest BCUT2D eigenvalue weighted by Gasteiger charge is 2.31. The summed E-state index contributed by atoms with van der Waals surface area (Å²) in [6.45, 7) is 1.71. The lowest BCUT2D eigenvalue weighted by Gasteiger charge is -2.12. The van der Waals surface area contributed by atoms with Crippen molar-refractivity contribution in [1.29, 1.82) is 0 Å². The molecule has 1 unspecified atom stereocenters. The number of carbonyl (C=O) groups is 2. The van der Waals surface area contributed by atoms with Crippen LogP contribution < -0.4 is 4.74 Å². The smallest absolute Gasteiger partial charge is 0.335 e. The van der Waals surface area contributed by atoms with Gasteiger partial charge in [0.2, 0.25) is 0 Å². The van der Waals surface area contributed by atoms with Gasteiger partial charge in [0.05, 0.1) is 7.11 Å². The first-order valence-electron chi connectivity index (χ1n) is 7.93. The van der Waals surface area contributed by atoms with E-state index in [0.29, 0.717) is 22.5 Å². The van der Waals surface area contributed by atoms with Crippen LogP contribution in [0.4, 0.5) is 0 Å². The van der Waals surface area contributed by atoms with Crippen molar-refractivity contribution in [3.05, 3.63) is 89.0 Å². The molecule has 25 heavy (non-hydrogen) atoms.